The molecule has 1 aromatic heterocycles. The fraction of sp³-hybridized carbons (Fsp3) is 0.467. The Labute approximate surface area is 140 Å². The molecule has 23 heavy (non-hydrogen) atoms. The lowest BCUT2D eigenvalue weighted by Gasteiger charge is -2.25. The summed E-state index contributed by atoms with van der Waals surface area (Å²) in [5.41, 5.74) is 1.37. The molecule has 7 nitrogen and oxygen atoms in total. The van der Waals surface area contributed by atoms with Crippen LogP contribution >= 0.6 is 12.4 Å². The van der Waals surface area contributed by atoms with Crippen molar-refractivity contribution in [3.8, 4) is 5.69 Å². The van der Waals surface area contributed by atoms with E-state index >= 15 is 0 Å². The number of likely N-dealkylation sites (tertiary alicyclic amines) is 1. The number of tetrazole rings is 1. The smallest absolute Gasteiger partial charge is 0.256 e. The van der Waals surface area contributed by atoms with Gasteiger partial charge in [0.2, 0.25) is 0 Å². The van der Waals surface area contributed by atoms with Crippen LogP contribution < -0.4 is 5.32 Å². The standard InChI is InChI=1S/C15H18N6O.ClH/c22-15(20-8-7-11-5-6-12(9-20)17-11)13-3-1-2-4-14(13)21-10-16-18-19-21;/h1-4,10-12,17H,5-9H2;1H. The van der Waals surface area contributed by atoms with E-state index in [1.54, 1.807) is 0 Å². The lowest BCUT2D eigenvalue weighted by atomic mass is 10.1. The third kappa shape index (κ3) is 3.07. The van der Waals surface area contributed by atoms with Crippen molar-refractivity contribution >= 4 is 18.3 Å². The summed E-state index contributed by atoms with van der Waals surface area (Å²) in [6.45, 7) is 1.58. The Hall–Kier alpha value is -1.99. The number of carbonyl (C=O) groups is 1. The second-order valence-corrected chi connectivity index (χ2v) is 5.95. The van der Waals surface area contributed by atoms with E-state index < -0.39 is 0 Å². The zero-order valence-corrected chi connectivity index (χ0v) is 13.4. The van der Waals surface area contributed by atoms with Crippen LogP contribution in [-0.4, -0.2) is 56.2 Å². The van der Waals surface area contributed by atoms with Crippen LogP contribution in [-0.2, 0) is 0 Å². The van der Waals surface area contributed by atoms with E-state index in [1.165, 1.54) is 17.4 Å². The van der Waals surface area contributed by atoms with Gasteiger partial charge in [-0.2, -0.15) is 4.68 Å². The van der Waals surface area contributed by atoms with Crippen molar-refractivity contribution in [1.82, 2.24) is 30.4 Å². The van der Waals surface area contributed by atoms with Crippen LogP contribution in [0.1, 0.15) is 29.6 Å². The first-order chi connectivity index (χ1) is 10.8. The predicted molar refractivity (Wildman–Crippen MR) is 86.9 cm³/mol. The second kappa shape index (κ2) is 6.64. The van der Waals surface area contributed by atoms with Gasteiger partial charge in [0.1, 0.15) is 6.33 Å². The van der Waals surface area contributed by atoms with Gasteiger partial charge in [-0.05, 0) is 41.8 Å². The van der Waals surface area contributed by atoms with Gasteiger partial charge in [0.05, 0.1) is 11.3 Å². The Morgan fingerprint density at radius 2 is 2.00 bits per heavy atom. The van der Waals surface area contributed by atoms with Gasteiger partial charge >= 0.3 is 0 Å². The van der Waals surface area contributed by atoms with Crippen molar-refractivity contribution in [2.75, 3.05) is 13.1 Å². The number of carbonyl (C=O) groups excluding carboxylic acids is 1. The first-order valence-corrected chi connectivity index (χ1v) is 7.69. The largest absolute Gasteiger partial charge is 0.337 e. The molecule has 122 valence electrons. The van der Waals surface area contributed by atoms with E-state index in [0.29, 0.717) is 17.6 Å². The van der Waals surface area contributed by atoms with Gasteiger partial charge in [-0.25, -0.2) is 0 Å². The first-order valence-electron chi connectivity index (χ1n) is 7.69. The summed E-state index contributed by atoms with van der Waals surface area (Å²) in [4.78, 5) is 14.9. The van der Waals surface area contributed by atoms with Crippen LogP contribution in [0.25, 0.3) is 5.69 Å². The third-order valence-electron chi connectivity index (χ3n) is 4.54. The molecule has 2 bridgehead atoms. The molecule has 0 radical (unpaired) electrons. The Morgan fingerprint density at radius 3 is 2.83 bits per heavy atom. The molecule has 1 N–H and O–H groups in total. The fourth-order valence-corrected chi connectivity index (χ4v) is 3.42. The van der Waals surface area contributed by atoms with E-state index in [-0.39, 0.29) is 18.3 Å². The summed E-state index contributed by atoms with van der Waals surface area (Å²) in [7, 11) is 0. The van der Waals surface area contributed by atoms with Crippen LogP contribution in [0, 0.1) is 0 Å². The van der Waals surface area contributed by atoms with Crippen LogP contribution in [0.2, 0.25) is 0 Å². The number of hydrogen-bond donors (Lipinski definition) is 1. The zero-order chi connectivity index (χ0) is 14.9. The lowest BCUT2D eigenvalue weighted by molar-refractivity contribution is 0.0748. The maximum atomic E-state index is 13.0. The molecule has 2 saturated heterocycles. The molecule has 2 aromatic rings. The van der Waals surface area contributed by atoms with Crippen molar-refractivity contribution in [1.29, 1.82) is 0 Å². The van der Waals surface area contributed by atoms with E-state index in [2.05, 4.69) is 20.8 Å². The highest BCUT2D eigenvalue weighted by Crippen LogP contribution is 2.23. The molecule has 2 atom stereocenters. The predicted octanol–water partition coefficient (Wildman–Crippen LogP) is 1.05. The van der Waals surface area contributed by atoms with E-state index in [9.17, 15) is 4.79 Å². The SMILES string of the molecule is Cl.O=C(c1ccccc1-n1cnnn1)N1CCC2CCC(C1)N2. The van der Waals surface area contributed by atoms with Gasteiger partial charge < -0.3 is 10.2 Å². The normalized spacial score (nSPS) is 23.2. The number of benzene rings is 1. The lowest BCUT2D eigenvalue weighted by Crippen LogP contribution is -2.39. The summed E-state index contributed by atoms with van der Waals surface area (Å²) in [6, 6.07) is 8.47. The van der Waals surface area contributed by atoms with E-state index in [1.807, 2.05) is 29.2 Å². The van der Waals surface area contributed by atoms with E-state index in [4.69, 9.17) is 0 Å². The molecule has 2 aliphatic heterocycles. The minimum Gasteiger partial charge on any atom is -0.337 e. The summed E-state index contributed by atoms with van der Waals surface area (Å²) in [6.07, 6.45) is 4.92. The summed E-state index contributed by atoms with van der Waals surface area (Å²) < 4.78 is 1.54. The fourth-order valence-electron chi connectivity index (χ4n) is 3.42. The molecular formula is C15H19ClN6O. The molecule has 3 heterocycles. The monoisotopic (exact) mass is 334 g/mol. The second-order valence-electron chi connectivity index (χ2n) is 5.95. The molecule has 1 amide bonds. The Morgan fingerprint density at radius 1 is 1.17 bits per heavy atom. The molecule has 2 fully saturated rings. The number of amides is 1. The van der Waals surface area contributed by atoms with Crippen molar-refractivity contribution < 1.29 is 4.79 Å². The Balaban J connectivity index is 0.00000156. The molecule has 0 saturated carbocycles. The molecule has 0 aliphatic carbocycles. The van der Waals surface area contributed by atoms with Gasteiger partial charge in [0.15, 0.2) is 0 Å². The zero-order valence-electron chi connectivity index (χ0n) is 12.6. The summed E-state index contributed by atoms with van der Waals surface area (Å²) in [5, 5.41) is 14.8. The minimum atomic E-state index is 0. The van der Waals surface area contributed by atoms with Gasteiger partial charge in [-0.15, -0.1) is 17.5 Å². The molecule has 0 spiro atoms. The van der Waals surface area contributed by atoms with E-state index in [0.717, 1.165) is 31.6 Å². The Bertz CT molecular complexity index is 676. The summed E-state index contributed by atoms with van der Waals surface area (Å²) >= 11 is 0. The highest BCUT2D eigenvalue weighted by Gasteiger charge is 2.32. The highest BCUT2D eigenvalue weighted by atomic mass is 35.5. The molecule has 2 unspecified atom stereocenters. The van der Waals surface area contributed by atoms with Crippen LogP contribution in [0.4, 0.5) is 0 Å². The quantitative estimate of drug-likeness (QED) is 0.888. The van der Waals surface area contributed by atoms with Crippen LogP contribution in [0.15, 0.2) is 30.6 Å². The third-order valence-corrected chi connectivity index (χ3v) is 4.54. The van der Waals surface area contributed by atoms with Crippen molar-refractivity contribution in [2.45, 2.75) is 31.3 Å². The maximum Gasteiger partial charge on any atom is 0.256 e. The number of hydrogen-bond acceptors (Lipinski definition) is 5. The number of nitrogens with zero attached hydrogens (tertiary/aromatic N) is 5. The number of para-hydroxylation sites is 1. The number of fused-ring (bicyclic) bond motifs is 2. The molecule has 1 aromatic carbocycles. The van der Waals surface area contributed by atoms with Gasteiger partial charge in [-0.3, -0.25) is 4.79 Å². The van der Waals surface area contributed by atoms with Gasteiger partial charge in [0.25, 0.3) is 5.91 Å². The van der Waals surface area contributed by atoms with Gasteiger partial charge in [0, 0.05) is 25.2 Å². The Kier molecular flexibility index (Phi) is 4.58. The van der Waals surface area contributed by atoms with Crippen molar-refractivity contribution in [3.63, 3.8) is 0 Å². The van der Waals surface area contributed by atoms with Crippen molar-refractivity contribution in [3.05, 3.63) is 36.2 Å². The minimum absolute atomic E-state index is 0. The summed E-state index contributed by atoms with van der Waals surface area (Å²) in [5.74, 6) is 0.0560. The highest BCUT2D eigenvalue weighted by molar-refractivity contribution is 5.97. The number of nitrogens with one attached hydrogen (secondary N) is 1. The average molecular weight is 335 g/mol. The number of aromatic nitrogens is 4. The average Bonchev–Trinajstić information content (AvgIpc) is 3.16. The van der Waals surface area contributed by atoms with Gasteiger partial charge in [-0.1, -0.05) is 12.1 Å². The number of halogens is 1. The molecule has 2 aliphatic rings. The molecule has 8 heteroatoms. The van der Waals surface area contributed by atoms with Crippen molar-refractivity contribution in [2.24, 2.45) is 0 Å². The number of rotatable bonds is 2. The topological polar surface area (TPSA) is 75.9 Å². The van der Waals surface area contributed by atoms with Crippen LogP contribution in [0.5, 0.6) is 0 Å². The first kappa shape index (κ1) is 15.9. The molecule has 4 rings (SSSR count). The van der Waals surface area contributed by atoms with Crippen LogP contribution in [0.3, 0.4) is 0 Å². The maximum absolute atomic E-state index is 13.0. The molecular weight excluding hydrogens is 316 g/mol.